The molecule has 0 unspecified atom stereocenters. The molecule has 176 valence electrons. The highest BCUT2D eigenvalue weighted by Gasteiger charge is 2.47. The summed E-state index contributed by atoms with van der Waals surface area (Å²) in [7, 11) is 1.21. The first-order valence-corrected chi connectivity index (χ1v) is 10.9. The second-order valence-corrected chi connectivity index (χ2v) is 8.55. The molecule has 0 saturated carbocycles. The zero-order valence-corrected chi connectivity index (χ0v) is 19.5. The summed E-state index contributed by atoms with van der Waals surface area (Å²) in [5, 5.41) is 14.6. The van der Waals surface area contributed by atoms with Crippen LogP contribution < -0.4 is 5.32 Å². The van der Waals surface area contributed by atoms with E-state index in [4.69, 9.17) is 21.1 Å². The molecular weight excluding hydrogens is 452 g/mol. The number of dihydropyridines is 1. The van der Waals surface area contributed by atoms with Crippen LogP contribution in [-0.2, 0) is 23.9 Å². The van der Waals surface area contributed by atoms with Crippen molar-refractivity contribution >= 4 is 35.0 Å². The quantitative estimate of drug-likeness (QED) is 0.284. The normalized spacial score (nSPS) is 22.5. The number of carbonyl (C=O) groups is 3. The van der Waals surface area contributed by atoms with E-state index in [9.17, 15) is 24.5 Å². The van der Waals surface area contributed by atoms with E-state index in [-0.39, 0.29) is 34.4 Å². The molecule has 1 aliphatic heterocycles. The summed E-state index contributed by atoms with van der Waals surface area (Å²) in [6.45, 7) is 5.48. The molecule has 1 N–H and O–H groups in total. The third-order valence-electron chi connectivity index (χ3n) is 5.90. The van der Waals surface area contributed by atoms with Crippen LogP contribution >= 0.6 is 11.6 Å². The lowest BCUT2D eigenvalue weighted by atomic mass is 9.69. The molecule has 9 nitrogen and oxygen atoms in total. The Bertz CT molecular complexity index is 1090. The lowest BCUT2D eigenvalue weighted by Crippen LogP contribution is -2.43. The van der Waals surface area contributed by atoms with Crippen molar-refractivity contribution in [3.05, 3.63) is 61.4 Å². The fourth-order valence-corrected chi connectivity index (χ4v) is 4.59. The minimum atomic E-state index is -1.05. The van der Waals surface area contributed by atoms with Crippen molar-refractivity contribution in [3.8, 4) is 0 Å². The van der Waals surface area contributed by atoms with Crippen LogP contribution in [0, 0.1) is 22.0 Å². The number of rotatable bonds is 6. The van der Waals surface area contributed by atoms with Crippen molar-refractivity contribution in [1.82, 2.24) is 5.32 Å². The lowest BCUT2D eigenvalue weighted by Gasteiger charge is -2.38. The number of nitrogens with one attached hydrogen (secondary N) is 1. The number of esters is 2. The Balaban J connectivity index is 2.23. The van der Waals surface area contributed by atoms with E-state index in [1.807, 2.05) is 6.92 Å². The number of benzene rings is 1. The van der Waals surface area contributed by atoms with E-state index >= 15 is 0 Å². The van der Waals surface area contributed by atoms with Gasteiger partial charge in [0.15, 0.2) is 5.78 Å². The topological polar surface area (TPSA) is 125 Å². The molecule has 0 saturated heterocycles. The molecule has 0 radical (unpaired) electrons. The number of Topliss-reactive ketones (excluding diaryl/α,β-unsaturated/α-hetero) is 1. The third-order valence-corrected chi connectivity index (χ3v) is 6.22. The van der Waals surface area contributed by atoms with Crippen molar-refractivity contribution in [2.24, 2.45) is 11.8 Å². The number of nitro groups is 1. The van der Waals surface area contributed by atoms with E-state index in [0.717, 1.165) is 0 Å². The van der Waals surface area contributed by atoms with Crippen LogP contribution in [0.4, 0.5) is 5.69 Å². The van der Waals surface area contributed by atoms with E-state index in [2.05, 4.69) is 5.32 Å². The van der Waals surface area contributed by atoms with Crippen molar-refractivity contribution in [3.63, 3.8) is 0 Å². The molecule has 0 bridgehead atoms. The zero-order valence-electron chi connectivity index (χ0n) is 18.8. The Morgan fingerprint density at radius 2 is 2.03 bits per heavy atom. The highest BCUT2D eigenvalue weighted by atomic mass is 35.5. The fraction of sp³-hybridized carbons (Fsp3) is 0.435. The molecule has 1 aromatic carbocycles. The maximum absolute atomic E-state index is 13.6. The number of methoxy groups -OCH3 is 1. The van der Waals surface area contributed by atoms with Gasteiger partial charge in [0, 0.05) is 29.0 Å². The van der Waals surface area contributed by atoms with Gasteiger partial charge in [-0.25, -0.2) is 4.79 Å². The first kappa shape index (κ1) is 24.4. The van der Waals surface area contributed by atoms with Gasteiger partial charge in [-0.3, -0.25) is 19.7 Å². The second kappa shape index (κ2) is 9.74. The van der Waals surface area contributed by atoms with Gasteiger partial charge >= 0.3 is 11.9 Å². The van der Waals surface area contributed by atoms with E-state index in [1.165, 1.54) is 25.3 Å². The number of hydrogen-bond donors (Lipinski definition) is 1. The highest BCUT2D eigenvalue weighted by molar-refractivity contribution is 6.32. The van der Waals surface area contributed by atoms with Crippen LogP contribution in [-0.4, -0.2) is 36.4 Å². The van der Waals surface area contributed by atoms with Crippen LogP contribution in [0.15, 0.2) is 40.7 Å². The average Bonchev–Trinajstić information content (AvgIpc) is 2.76. The van der Waals surface area contributed by atoms with Crippen molar-refractivity contribution in [2.75, 3.05) is 13.7 Å². The molecule has 2 aliphatic rings. The Morgan fingerprint density at radius 3 is 2.64 bits per heavy atom. The lowest BCUT2D eigenvalue weighted by molar-refractivity contribution is -0.384. The molecule has 3 rings (SSSR count). The molecule has 3 atom stereocenters. The summed E-state index contributed by atoms with van der Waals surface area (Å²) >= 11 is 6.00. The zero-order chi connectivity index (χ0) is 24.4. The standard InChI is InChI=1S/C23H25ClN2O7/c1-5-8-33-23(29)18-12(3)25-15-9-11(2)17(22(28)32-4)21(27)20(15)19(18)13-6-7-14(24)16(10-13)26(30)31/h6-7,10-11,17,19,25H,5,8-9H2,1-4H3/t11-,17+,19+/m1/s1. The summed E-state index contributed by atoms with van der Waals surface area (Å²) in [4.78, 5) is 49.9. The number of nitro benzene ring substituents is 1. The van der Waals surface area contributed by atoms with Gasteiger partial charge in [-0.1, -0.05) is 31.5 Å². The smallest absolute Gasteiger partial charge is 0.336 e. The van der Waals surface area contributed by atoms with E-state index in [0.29, 0.717) is 29.8 Å². The van der Waals surface area contributed by atoms with Crippen LogP contribution in [0.25, 0.3) is 0 Å². The molecule has 0 fully saturated rings. The average molecular weight is 477 g/mol. The maximum atomic E-state index is 13.6. The predicted molar refractivity (Wildman–Crippen MR) is 119 cm³/mol. The van der Waals surface area contributed by atoms with Crippen molar-refractivity contribution < 1.29 is 28.8 Å². The second-order valence-electron chi connectivity index (χ2n) is 8.14. The Hall–Kier alpha value is -3.20. The molecule has 1 aliphatic carbocycles. The third kappa shape index (κ3) is 4.50. The molecule has 0 aromatic heterocycles. The van der Waals surface area contributed by atoms with E-state index < -0.39 is 34.5 Å². The molecule has 10 heteroatoms. The minimum Gasteiger partial charge on any atom is -0.468 e. The summed E-state index contributed by atoms with van der Waals surface area (Å²) in [6.07, 6.45) is 0.957. The molecule has 0 amide bonds. The minimum absolute atomic E-state index is 0.0706. The first-order chi connectivity index (χ1) is 15.6. The molecular formula is C23H25ClN2O7. The molecule has 0 spiro atoms. The number of allylic oxidation sites excluding steroid dienone is 3. The Morgan fingerprint density at radius 1 is 1.33 bits per heavy atom. The predicted octanol–water partition coefficient (Wildman–Crippen LogP) is 3.81. The van der Waals surface area contributed by atoms with Crippen LogP contribution in [0.2, 0.25) is 5.02 Å². The molecule has 1 heterocycles. The summed E-state index contributed by atoms with van der Waals surface area (Å²) < 4.78 is 10.2. The molecule has 1 aromatic rings. The van der Waals surface area contributed by atoms with Crippen LogP contribution in [0.5, 0.6) is 0 Å². The SMILES string of the molecule is CCCOC(=O)C1=C(C)NC2=C(C(=O)[C@@H](C(=O)OC)[C@H](C)C2)[C@H]1c1ccc(Cl)c([N+](=O)[O-])c1. The number of ether oxygens (including phenoxy) is 2. The van der Waals surface area contributed by atoms with Gasteiger partial charge < -0.3 is 14.8 Å². The first-order valence-electron chi connectivity index (χ1n) is 10.6. The monoisotopic (exact) mass is 476 g/mol. The summed E-state index contributed by atoms with van der Waals surface area (Å²) in [6, 6.07) is 4.14. The highest BCUT2D eigenvalue weighted by Crippen LogP contribution is 2.46. The van der Waals surface area contributed by atoms with Gasteiger partial charge in [0.1, 0.15) is 10.9 Å². The van der Waals surface area contributed by atoms with Gasteiger partial charge in [-0.15, -0.1) is 0 Å². The largest absolute Gasteiger partial charge is 0.468 e. The number of halogens is 1. The van der Waals surface area contributed by atoms with Gasteiger partial charge in [-0.2, -0.15) is 0 Å². The Labute approximate surface area is 195 Å². The van der Waals surface area contributed by atoms with Gasteiger partial charge in [0.25, 0.3) is 5.69 Å². The summed E-state index contributed by atoms with van der Waals surface area (Å²) in [5.74, 6) is -4.14. The Kier molecular flexibility index (Phi) is 7.22. The molecule has 33 heavy (non-hydrogen) atoms. The number of ketones is 1. The van der Waals surface area contributed by atoms with E-state index in [1.54, 1.807) is 13.8 Å². The van der Waals surface area contributed by atoms with Crippen molar-refractivity contribution in [2.45, 2.75) is 39.5 Å². The van der Waals surface area contributed by atoms with Crippen LogP contribution in [0.3, 0.4) is 0 Å². The summed E-state index contributed by atoms with van der Waals surface area (Å²) in [5.41, 5.74) is 1.39. The van der Waals surface area contributed by atoms with Crippen molar-refractivity contribution in [1.29, 1.82) is 0 Å². The van der Waals surface area contributed by atoms with Gasteiger partial charge in [0.2, 0.25) is 0 Å². The number of carbonyl (C=O) groups excluding carboxylic acids is 3. The van der Waals surface area contributed by atoms with Gasteiger partial charge in [-0.05, 0) is 37.3 Å². The maximum Gasteiger partial charge on any atom is 0.336 e. The number of nitrogens with zero attached hydrogens (tertiary/aromatic N) is 1. The van der Waals surface area contributed by atoms with Gasteiger partial charge in [0.05, 0.1) is 24.2 Å². The van der Waals surface area contributed by atoms with Crippen LogP contribution in [0.1, 0.15) is 45.1 Å². The number of hydrogen-bond acceptors (Lipinski definition) is 8. The fourth-order valence-electron chi connectivity index (χ4n) is 4.41.